The Hall–Kier alpha value is -4.17. The van der Waals surface area contributed by atoms with Gasteiger partial charge in [0.05, 0.1) is 30.2 Å². The lowest BCUT2D eigenvalue weighted by molar-refractivity contribution is -0.140. The molecule has 3 aromatic rings. The van der Waals surface area contributed by atoms with Crippen molar-refractivity contribution >= 4 is 11.6 Å². The molecule has 2 N–H and O–H groups in total. The number of pyridine rings is 2. The summed E-state index contributed by atoms with van der Waals surface area (Å²) in [6.45, 7) is 7.76. The highest BCUT2D eigenvalue weighted by molar-refractivity contribution is 5.99. The van der Waals surface area contributed by atoms with E-state index in [1.54, 1.807) is 23.1 Å². The minimum Gasteiger partial charge on any atom is -0.492 e. The van der Waals surface area contributed by atoms with E-state index in [0.717, 1.165) is 18.3 Å². The molecule has 0 fully saturated rings. The zero-order chi connectivity index (χ0) is 29.9. The fourth-order valence-electron chi connectivity index (χ4n) is 5.02. The Morgan fingerprint density at radius 3 is 2.54 bits per heavy atom. The number of halogens is 3. The van der Waals surface area contributed by atoms with Crippen LogP contribution < -0.4 is 10.5 Å². The van der Waals surface area contributed by atoms with Gasteiger partial charge in [-0.25, -0.2) is 4.98 Å². The predicted molar refractivity (Wildman–Crippen MR) is 149 cm³/mol. The van der Waals surface area contributed by atoms with Crippen LogP contribution in [0.15, 0.2) is 36.7 Å². The van der Waals surface area contributed by atoms with Crippen molar-refractivity contribution in [2.24, 2.45) is 0 Å². The number of fused-ring (bicyclic) bond motifs is 1. The van der Waals surface area contributed by atoms with E-state index >= 15 is 0 Å². The van der Waals surface area contributed by atoms with Crippen molar-refractivity contribution in [3.63, 3.8) is 0 Å². The highest BCUT2D eigenvalue weighted by Gasteiger charge is 2.38. The van der Waals surface area contributed by atoms with Crippen LogP contribution in [0, 0.1) is 11.3 Å². The van der Waals surface area contributed by atoms with Gasteiger partial charge in [0.15, 0.2) is 5.69 Å². The van der Waals surface area contributed by atoms with Crippen molar-refractivity contribution in [2.75, 3.05) is 39.0 Å². The van der Waals surface area contributed by atoms with Crippen molar-refractivity contribution in [3.05, 3.63) is 70.3 Å². The number of benzene rings is 1. The summed E-state index contributed by atoms with van der Waals surface area (Å²) < 4.78 is 47.7. The van der Waals surface area contributed by atoms with E-state index in [0.29, 0.717) is 59.7 Å². The van der Waals surface area contributed by atoms with E-state index < -0.39 is 17.9 Å². The molecule has 1 aromatic carbocycles. The maximum Gasteiger partial charge on any atom is 0.433 e. The summed E-state index contributed by atoms with van der Waals surface area (Å²) in [5.41, 5.74) is 7.61. The van der Waals surface area contributed by atoms with E-state index in [-0.39, 0.29) is 23.7 Å². The standard InChI is InChI=1S/C30H33F3N6O2/c1-5-38(4)9-7-19-11-23(24-13-21(35)17-37-28(24)30(31,32)33)22-8-10-39(29(40)25(22)12-19)18(3)26-14-27(41-6-2)20(15-34)16-36-26/h11-14,16-18H,5-10,35H2,1-4H3. The molecule has 8 nitrogen and oxygen atoms in total. The van der Waals surface area contributed by atoms with Crippen LogP contribution in [0.3, 0.4) is 0 Å². The molecule has 4 rings (SSSR count). The third-order valence-corrected chi connectivity index (χ3v) is 7.40. The molecule has 41 heavy (non-hydrogen) atoms. The maximum atomic E-state index is 14.0. The third-order valence-electron chi connectivity index (χ3n) is 7.40. The molecule has 1 aliphatic rings. The van der Waals surface area contributed by atoms with Gasteiger partial charge in [-0.05, 0) is 69.1 Å². The zero-order valence-corrected chi connectivity index (χ0v) is 23.5. The Morgan fingerprint density at radius 2 is 1.88 bits per heavy atom. The number of carbonyl (C=O) groups excluding carboxylic acids is 1. The van der Waals surface area contributed by atoms with Gasteiger partial charge in [0, 0.05) is 36.5 Å². The molecule has 1 atom stereocenters. The molecule has 0 saturated heterocycles. The quantitative estimate of drug-likeness (QED) is 0.376. The van der Waals surface area contributed by atoms with E-state index in [9.17, 15) is 23.2 Å². The highest BCUT2D eigenvalue weighted by atomic mass is 19.4. The summed E-state index contributed by atoms with van der Waals surface area (Å²) in [6, 6.07) is 8.04. The van der Waals surface area contributed by atoms with Crippen LogP contribution in [0.4, 0.5) is 18.9 Å². The molecule has 2 aromatic heterocycles. The number of hydrogen-bond acceptors (Lipinski definition) is 7. The van der Waals surface area contributed by atoms with Crippen LogP contribution >= 0.6 is 0 Å². The van der Waals surface area contributed by atoms with Crippen LogP contribution in [0.25, 0.3) is 11.1 Å². The van der Waals surface area contributed by atoms with Crippen LogP contribution in [-0.2, 0) is 19.0 Å². The Morgan fingerprint density at radius 1 is 1.15 bits per heavy atom. The van der Waals surface area contributed by atoms with Crippen molar-refractivity contribution in [3.8, 4) is 22.9 Å². The molecule has 3 heterocycles. The van der Waals surface area contributed by atoms with Gasteiger partial charge in [0.1, 0.15) is 17.4 Å². The molecule has 11 heteroatoms. The first-order valence-corrected chi connectivity index (χ1v) is 13.5. The molecule has 1 unspecified atom stereocenters. The summed E-state index contributed by atoms with van der Waals surface area (Å²) in [7, 11) is 1.96. The number of nitrogens with zero attached hydrogens (tertiary/aromatic N) is 5. The van der Waals surface area contributed by atoms with Gasteiger partial charge in [0.2, 0.25) is 0 Å². The maximum absolute atomic E-state index is 14.0. The Bertz CT molecular complexity index is 1480. The smallest absolute Gasteiger partial charge is 0.433 e. The van der Waals surface area contributed by atoms with Crippen LogP contribution in [-0.4, -0.2) is 59.0 Å². The zero-order valence-electron chi connectivity index (χ0n) is 23.5. The van der Waals surface area contributed by atoms with E-state index in [2.05, 4.69) is 20.9 Å². The summed E-state index contributed by atoms with van der Waals surface area (Å²) in [5.74, 6) is 0.0791. The lowest BCUT2D eigenvalue weighted by Crippen LogP contribution is -2.40. The first-order valence-electron chi connectivity index (χ1n) is 13.5. The minimum atomic E-state index is -4.70. The summed E-state index contributed by atoms with van der Waals surface area (Å²) in [5, 5.41) is 9.38. The fourth-order valence-corrected chi connectivity index (χ4v) is 5.02. The van der Waals surface area contributed by atoms with Gasteiger partial charge in [-0.15, -0.1) is 0 Å². The number of nitrogens with two attached hydrogens (primary N) is 1. The van der Waals surface area contributed by atoms with E-state index in [1.165, 1.54) is 12.3 Å². The Labute approximate surface area is 237 Å². The van der Waals surface area contributed by atoms with Crippen LogP contribution in [0.5, 0.6) is 5.75 Å². The van der Waals surface area contributed by atoms with Crippen molar-refractivity contribution < 1.29 is 22.7 Å². The van der Waals surface area contributed by atoms with Gasteiger partial charge in [-0.1, -0.05) is 13.0 Å². The summed E-state index contributed by atoms with van der Waals surface area (Å²) >= 11 is 0. The van der Waals surface area contributed by atoms with Gasteiger partial charge in [-0.3, -0.25) is 9.78 Å². The second-order valence-electron chi connectivity index (χ2n) is 10.1. The fraction of sp³-hybridized carbons (Fsp3) is 0.400. The molecule has 0 spiro atoms. The second kappa shape index (κ2) is 12.1. The number of nitrogen functional groups attached to an aromatic ring is 1. The van der Waals surface area contributed by atoms with Gasteiger partial charge in [0.25, 0.3) is 5.91 Å². The predicted octanol–water partition coefficient (Wildman–Crippen LogP) is 5.27. The summed E-state index contributed by atoms with van der Waals surface area (Å²) in [4.78, 5) is 25.8. The second-order valence-corrected chi connectivity index (χ2v) is 10.1. The number of rotatable bonds is 9. The van der Waals surface area contributed by atoms with Gasteiger partial charge in [-0.2, -0.15) is 18.4 Å². The van der Waals surface area contributed by atoms with Crippen LogP contribution in [0.1, 0.15) is 65.2 Å². The SMILES string of the molecule is CCOc1cc(C(C)N2CCc3c(cc(CCN(C)CC)cc3-c3cc(N)cnc3C(F)(F)F)C2=O)ncc1C#N. The van der Waals surface area contributed by atoms with Gasteiger partial charge < -0.3 is 20.3 Å². The number of hydrogen-bond donors (Lipinski definition) is 1. The summed E-state index contributed by atoms with van der Waals surface area (Å²) in [6.07, 6.45) is -1.41. The first kappa shape index (κ1) is 29.8. The number of alkyl halides is 3. The van der Waals surface area contributed by atoms with E-state index in [1.807, 2.05) is 27.8 Å². The first-order chi connectivity index (χ1) is 19.5. The number of ether oxygens (including phenoxy) is 1. The lowest BCUT2D eigenvalue weighted by Gasteiger charge is -2.35. The molecule has 1 aliphatic heterocycles. The normalized spacial score (nSPS) is 14.1. The average molecular weight is 567 g/mol. The topological polar surface area (TPSA) is 108 Å². The monoisotopic (exact) mass is 566 g/mol. The third kappa shape index (κ3) is 6.28. The molecule has 0 radical (unpaired) electrons. The van der Waals surface area contributed by atoms with E-state index in [4.69, 9.17) is 10.5 Å². The van der Waals surface area contributed by atoms with Crippen molar-refractivity contribution in [1.82, 2.24) is 19.8 Å². The highest BCUT2D eigenvalue weighted by Crippen LogP contribution is 2.41. The molecular weight excluding hydrogens is 533 g/mol. The minimum absolute atomic E-state index is 0.104. The Balaban J connectivity index is 1.81. The number of nitriles is 1. The van der Waals surface area contributed by atoms with Crippen LogP contribution in [0.2, 0.25) is 0 Å². The number of carbonyl (C=O) groups is 1. The van der Waals surface area contributed by atoms with Gasteiger partial charge >= 0.3 is 6.18 Å². The number of anilines is 1. The molecule has 216 valence electrons. The molecule has 0 aliphatic carbocycles. The Kier molecular flexibility index (Phi) is 8.83. The van der Waals surface area contributed by atoms with Crippen molar-refractivity contribution in [1.29, 1.82) is 5.26 Å². The molecule has 0 saturated carbocycles. The largest absolute Gasteiger partial charge is 0.492 e. The molecule has 0 bridgehead atoms. The molecule has 1 amide bonds. The number of aromatic nitrogens is 2. The average Bonchev–Trinajstić information content (AvgIpc) is 2.95. The number of amides is 1. The lowest BCUT2D eigenvalue weighted by atomic mass is 9.86. The molecular formula is C30H33F3N6O2. The van der Waals surface area contributed by atoms with Crippen molar-refractivity contribution in [2.45, 2.75) is 45.8 Å². The number of likely N-dealkylation sites (N-methyl/N-ethyl adjacent to an activating group) is 1.